The summed E-state index contributed by atoms with van der Waals surface area (Å²) in [7, 11) is 0. The molecule has 1 heterocycles. The number of para-hydroxylation sites is 2. The third kappa shape index (κ3) is 3.61. The molecule has 0 aliphatic carbocycles. The van der Waals surface area contributed by atoms with Crippen LogP contribution in [0.5, 0.6) is 5.75 Å². The third-order valence-electron chi connectivity index (χ3n) is 3.57. The lowest BCUT2D eigenvalue weighted by atomic mass is 10.2. The van der Waals surface area contributed by atoms with Gasteiger partial charge in [-0.05, 0) is 36.8 Å². The monoisotopic (exact) mass is 302 g/mol. The zero-order valence-electron chi connectivity index (χ0n) is 11.9. The summed E-state index contributed by atoms with van der Waals surface area (Å²) < 4.78 is 5.78. The lowest BCUT2D eigenvalue weighted by molar-refractivity contribution is 0.322. The predicted octanol–water partition coefficient (Wildman–Crippen LogP) is 4.04. The highest BCUT2D eigenvalue weighted by Crippen LogP contribution is 2.30. The number of hydrogen-bond donors (Lipinski definition) is 1. The predicted molar refractivity (Wildman–Crippen MR) is 88.7 cm³/mol. The zero-order valence-corrected chi connectivity index (χ0v) is 12.6. The molecule has 0 aromatic heterocycles. The average molecular weight is 303 g/mol. The van der Waals surface area contributed by atoms with Crippen LogP contribution in [0.4, 0.5) is 11.4 Å². The first-order valence-electron chi connectivity index (χ1n) is 7.29. The molecule has 1 N–H and O–H groups in total. The van der Waals surface area contributed by atoms with Crippen molar-refractivity contribution < 1.29 is 4.74 Å². The summed E-state index contributed by atoms with van der Waals surface area (Å²) in [5, 5.41) is 4.17. The molecule has 3 rings (SSSR count). The van der Waals surface area contributed by atoms with Crippen molar-refractivity contribution >= 4 is 23.0 Å². The molecular formula is C17H19ClN2O. The van der Waals surface area contributed by atoms with Gasteiger partial charge in [-0.2, -0.15) is 0 Å². The molecule has 0 unspecified atom stereocenters. The smallest absolute Gasteiger partial charge is 0.142 e. The van der Waals surface area contributed by atoms with Crippen molar-refractivity contribution in [2.45, 2.75) is 6.42 Å². The van der Waals surface area contributed by atoms with Crippen LogP contribution < -0.4 is 15.0 Å². The van der Waals surface area contributed by atoms with E-state index in [0.29, 0.717) is 0 Å². The Bertz CT molecular complexity index is 603. The van der Waals surface area contributed by atoms with E-state index in [4.69, 9.17) is 16.3 Å². The van der Waals surface area contributed by atoms with E-state index in [-0.39, 0.29) is 0 Å². The lowest BCUT2D eigenvalue weighted by Crippen LogP contribution is -2.29. The van der Waals surface area contributed by atoms with Crippen molar-refractivity contribution in [2.75, 3.05) is 36.5 Å². The Morgan fingerprint density at radius 1 is 1.14 bits per heavy atom. The van der Waals surface area contributed by atoms with Gasteiger partial charge in [0, 0.05) is 30.3 Å². The number of nitrogens with zero attached hydrogens (tertiary/aromatic N) is 1. The number of nitrogens with one attached hydrogen (secondary N) is 1. The number of anilines is 2. The number of hydrogen-bond acceptors (Lipinski definition) is 3. The Morgan fingerprint density at radius 2 is 2.05 bits per heavy atom. The van der Waals surface area contributed by atoms with Crippen LogP contribution in [-0.4, -0.2) is 26.2 Å². The van der Waals surface area contributed by atoms with Crippen molar-refractivity contribution in [1.82, 2.24) is 0 Å². The summed E-state index contributed by atoms with van der Waals surface area (Å²) in [6, 6.07) is 16.1. The van der Waals surface area contributed by atoms with Crippen LogP contribution in [0.15, 0.2) is 48.5 Å². The normalized spacial score (nSPS) is 14.0. The van der Waals surface area contributed by atoms with Gasteiger partial charge in [-0.15, -0.1) is 0 Å². The van der Waals surface area contributed by atoms with Crippen molar-refractivity contribution in [3.63, 3.8) is 0 Å². The van der Waals surface area contributed by atoms with Gasteiger partial charge in [0.05, 0.1) is 12.3 Å². The second-order valence-corrected chi connectivity index (χ2v) is 5.53. The highest BCUT2D eigenvalue weighted by molar-refractivity contribution is 6.30. The Kier molecular flexibility index (Phi) is 4.51. The van der Waals surface area contributed by atoms with E-state index in [2.05, 4.69) is 22.3 Å². The van der Waals surface area contributed by atoms with Gasteiger partial charge in [-0.25, -0.2) is 0 Å². The number of fused-ring (bicyclic) bond motifs is 1. The maximum Gasteiger partial charge on any atom is 0.142 e. The number of ether oxygens (including phenoxy) is 1. The molecule has 1 aliphatic rings. The Hall–Kier alpha value is -1.87. The summed E-state index contributed by atoms with van der Waals surface area (Å²) in [6.45, 7) is 3.62. The standard InChI is InChI=1S/C17H19ClN2O/c18-14-5-3-6-15(13-14)19-9-11-20-10-4-12-21-17-8-2-1-7-16(17)20/h1-3,5-8,13,19H,4,9-12H2. The van der Waals surface area contributed by atoms with E-state index in [1.807, 2.05) is 36.4 Å². The lowest BCUT2D eigenvalue weighted by Gasteiger charge is -2.24. The molecule has 4 heteroatoms. The fourth-order valence-electron chi connectivity index (χ4n) is 2.56. The van der Waals surface area contributed by atoms with E-state index in [9.17, 15) is 0 Å². The van der Waals surface area contributed by atoms with Crippen molar-refractivity contribution in [3.05, 3.63) is 53.6 Å². The molecule has 0 saturated heterocycles. The maximum absolute atomic E-state index is 5.99. The number of halogens is 1. The minimum atomic E-state index is 0.758. The van der Waals surface area contributed by atoms with Gasteiger partial charge in [0.2, 0.25) is 0 Å². The van der Waals surface area contributed by atoms with Crippen LogP contribution in [0.3, 0.4) is 0 Å². The molecule has 3 nitrogen and oxygen atoms in total. The quantitative estimate of drug-likeness (QED) is 0.922. The largest absolute Gasteiger partial charge is 0.491 e. The maximum atomic E-state index is 5.99. The number of benzene rings is 2. The molecule has 1 aliphatic heterocycles. The Morgan fingerprint density at radius 3 is 2.95 bits per heavy atom. The molecular weight excluding hydrogens is 284 g/mol. The molecule has 0 amide bonds. The van der Waals surface area contributed by atoms with Gasteiger partial charge in [0.1, 0.15) is 5.75 Å². The topological polar surface area (TPSA) is 24.5 Å². The zero-order chi connectivity index (χ0) is 14.5. The molecule has 21 heavy (non-hydrogen) atoms. The highest BCUT2D eigenvalue weighted by atomic mass is 35.5. The van der Waals surface area contributed by atoms with Gasteiger partial charge in [0.15, 0.2) is 0 Å². The highest BCUT2D eigenvalue weighted by Gasteiger charge is 2.15. The molecule has 0 saturated carbocycles. The van der Waals surface area contributed by atoms with E-state index in [0.717, 1.165) is 49.1 Å². The van der Waals surface area contributed by atoms with Gasteiger partial charge in [-0.3, -0.25) is 0 Å². The minimum absolute atomic E-state index is 0.758. The van der Waals surface area contributed by atoms with E-state index >= 15 is 0 Å². The first-order chi connectivity index (χ1) is 10.3. The second-order valence-electron chi connectivity index (χ2n) is 5.09. The summed E-state index contributed by atoms with van der Waals surface area (Å²) in [5.74, 6) is 0.984. The molecule has 0 radical (unpaired) electrons. The second kappa shape index (κ2) is 6.72. The first kappa shape index (κ1) is 14.1. The van der Waals surface area contributed by atoms with Gasteiger partial charge in [0.25, 0.3) is 0 Å². The average Bonchev–Trinajstić information content (AvgIpc) is 2.70. The molecule has 2 aromatic carbocycles. The minimum Gasteiger partial charge on any atom is -0.491 e. The molecule has 0 bridgehead atoms. The summed E-state index contributed by atoms with van der Waals surface area (Å²) in [6.07, 6.45) is 1.05. The van der Waals surface area contributed by atoms with E-state index in [1.165, 1.54) is 5.69 Å². The summed E-state index contributed by atoms with van der Waals surface area (Å²) >= 11 is 5.99. The van der Waals surface area contributed by atoms with Crippen LogP contribution in [0.25, 0.3) is 0 Å². The van der Waals surface area contributed by atoms with Crippen LogP contribution in [-0.2, 0) is 0 Å². The fraction of sp³-hybridized carbons (Fsp3) is 0.294. The SMILES string of the molecule is Clc1cccc(NCCN2CCCOc3ccccc32)c1. The Labute approximate surface area is 130 Å². The van der Waals surface area contributed by atoms with Gasteiger partial charge < -0.3 is 15.0 Å². The van der Waals surface area contributed by atoms with Crippen molar-refractivity contribution in [2.24, 2.45) is 0 Å². The molecule has 110 valence electrons. The summed E-state index contributed by atoms with van der Waals surface area (Å²) in [5.41, 5.74) is 2.24. The summed E-state index contributed by atoms with van der Waals surface area (Å²) in [4.78, 5) is 2.37. The molecule has 0 fully saturated rings. The van der Waals surface area contributed by atoms with E-state index < -0.39 is 0 Å². The van der Waals surface area contributed by atoms with Crippen LogP contribution in [0, 0.1) is 0 Å². The van der Waals surface area contributed by atoms with Gasteiger partial charge in [-0.1, -0.05) is 29.8 Å². The molecule has 0 atom stereocenters. The fourth-order valence-corrected chi connectivity index (χ4v) is 2.75. The molecule has 0 spiro atoms. The van der Waals surface area contributed by atoms with Gasteiger partial charge >= 0.3 is 0 Å². The third-order valence-corrected chi connectivity index (χ3v) is 3.81. The van der Waals surface area contributed by atoms with Crippen molar-refractivity contribution in [1.29, 1.82) is 0 Å². The van der Waals surface area contributed by atoms with Crippen LogP contribution >= 0.6 is 11.6 Å². The van der Waals surface area contributed by atoms with Crippen LogP contribution in [0.2, 0.25) is 5.02 Å². The number of rotatable bonds is 4. The Balaban J connectivity index is 1.62. The van der Waals surface area contributed by atoms with E-state index in [1.54, 1.807) is 0 Å². The van der Waals surface area contributed by atoms with Crippen LogP contribution in [0.1, 0.15) is 6.42 Å². The molecule has 2 aromatic rings. The van der Waals surface area contributed by atoms with Crippen molar-refractivity contribution in [3.8, 4) is 5.75 Å². The first-order valence-corrected chi connectivity index (χ1v) is 7.67.